The minimum absolute atomic E-state index is 0.0101. The zero-order valence-electron chi connectivity index (χ0n) is 11.2. The van der Waals surface area contributed by atoms with E-state index in [0.717, 1.165) is 0 Å². The first-order valence-electron chi connectivity index (χ1n) is 6.07. The predicted octanol–water partition coefficient (Wildman–Crippen LogP) is 3.94. The Bertz CT molecular complexity index is 674. The molecule has 4 nitrogen and oxygen atoms in total. The summed E-state index contributed by atoms with van der Waals surface area (Å²) in [4.78, 5) is 12.1. The van der Waals surface area contributed by atoms with Gasteiger partial charge in [0.25, 0.3) is 0 Å². The average Bonchev–Trinajstić information content (AvgIpc) is 2.48. The highest BCUT2D eigenvalue weighted by atomic mass is 35.5. The van der Waals surface area contributed by atoms with Crippen molar-refractivity contribution in [1.82, 2.24) is 0 Å². The van der Waals surface area contributed by atoms with Gasteiger partial charge in [-0.15, -0.1) is 0 Å². The van der Waals surface area contributed by atoms with Crippen molar-refractivity contribution in [3.8, 4) is 5.75 Å². The normalized spacial score (nSPS) is 10.2. The molecular weight excluding hydrogens is 313 g/mol. The number of rotatable bonds is 4. The van der Waals surface area contributed by atoms with Crippen molar-refractivity contribution >= 4 is 34.9 Å². The maximum Gasteiger partial charge on any atom is 0.342 e. The van der Waals surface area contributed by atoms with Gasteiger partial charge in [0.15, 0.2) is 5.75 Å². The van der Waals surface area contributed by atoms with Gasteiger partial charge >= 0.3 is 5.97 Å². The Hall–Kier alpha value is -1.91. The standard InChI is InChI=1S/C15H13Cl2NO3/c1-20-14-10(5-3-7-12(14)18)15(19)21-8-9-4-2-6-11(16)13(9)17/h2-7H,8,18H2,1H3. The van der Waals surface area contributed by atoms with Gasteiger partial charge in [0.1, 0.15) is 12.2 Å². The molecule has 0 unspecified atom stereocenters. The molecule has 110 valence electrons. The minimum atomic E-state index is -0.546. The number of anilines is 1. The van der Waals surface area contributed by atoms with Gasteiger partial charge < -0.3 is 15.2 Å². The van der Waals surface area contributed by atoms with Crippen molar-refractivity contribution < 1.29 is 14.3 Å². The maximum atomic E-state index is 12.1. The van der Waals surface area contributed by atoms with Gasteiger partial charge in [0, 0.05) is 5.56 Å². The first-order valence-corrected chi connectivity index (χ1v) is 6.82. The van der Waals surface area contributed by atoms with Crippen LogP contribution in [0.1, 0.15) is 15.9 Å². The third-order valence-corrected chi connectivity index (χ3v) is 3.72. The summed E-state index contributed by atoms with van der Waals surface area (Å²) in [7, 11) is 1.44. The van der Waals surface area contributed by atoms with Crippen molar-refractivity contribution in [3.63, 3.8) is 0 Å². The largest absolute Gasteiger partial charge is 0.494 e. The summed E-state index contributed by atoms with van der Waals surface area (Å²) >= 11 is 11.9. The lowest BCUT2D eigenvalue weighted by atomic mass is 10.1. The highest BCUT2D eigenvalue weighted by molar-refractivity contribution is 6.42. The summed E-state index contributed by atoms with van der Waals surface area (Å²) in [5, 5.41) is 0.776. The van der Waals surface area contributed by atoms with E-state index in [4.69, 9.17) is 38.4 Å². The highest BCUT2D eigenvalue weighted by Crippen LogP contribution is 2.28. The van der Waals surface area contributed by atoms with Crippen molar-refractivity contribution in [2.75, 3.05) is 12.8 Å². The summed E-state index contributed by atoms with van der Waals surface area (Å²) in [5.41, 5.74) is 7.00. The molecule has 2 aromatic rings. The van der Waals surface area contributed by atoms with Gasteiger partial charge in [-0.05, 0) is 18.2 Å². The van der Waals surface area contributed by atoms with Crippen LogP contribution in [0.2, 0.25) is 10.0 Å². The Balaban J connectivity index is 2.16. The van der Waals surface area contributed by atoms with Gasteiger partial charge in [-0.3, -0.25) is 0 Å². The van der Waals surface area contributed by atoms with Crippen LogP contribution >= 0.6 is 23.2 Å². The van der Waals surface area contributed by atoms with Crippen LogP contribution in [0.3, 0.4) is 0 Å². The second kappa shape index (κ2) is 6.70. The number of methoxy groups -OCH3 is 1. The minimum Gasteiger partial charge on any atom is -0.494 e. The summed E-state index contributed by atoms with van der Waals surface area (Å²) in [6.45, 7) is 0.0101. The van der Waals surface area contributed by atoms with Crippen LogP contribution in [0.15, 0.2) is 36.4 Å². The fourth-order valence-electron chi connectivity index (χ4n) is 1.82. The molecule has 2 N–H and O–H groups in total. The summed E-state index contributed by atoms with van der Waals surface area (Å²) < 4.78 is 10.3. The number of ether oxygens (including phenoxy) is 2. The second-order valence-electron chi connectivity index (χ2n) is 4.22. The number of carbonyl (C=O) groups is 1. The van der Waals surface area contributed by atoms with Gasteiger partial charge in [-0.1, -0.05) is 41.4 Å². The van der Waals surface area contributed by atoms with Crippen LogP contribution in [0.25, 0.3) is 0 Å². The quantitative estimate of drug-likeness (QED) is 0.683. The van der Waals surface area contributed by atoms with Crippen LogP contribution in [0, 0.1) is 0 Å². The first kappa shape index (κ1) is 15.5. The summed E-state index contributed by atoms with van der Waals surface area (Å²) in [6, 6.07) is 10.0. The second-order valence-corrected chi connectivity index (χ2v) is 5.00. The molecule has 0 aromatic heterocycles. The Labute approximate surface area is 132 Å². The van der Waals surface area contributed by atoms with Crippen LogP contribution in [-0.2, 0) is 11.3 Å². The van der Waals surface area contributed by atoms with Crippen LogP contribution in [0.4, 0.5) is 5.69 Å². The van der Waals surface area contributed by atoms with E-state index in [-0.39, 0.29) is 12.2 Å². The number of benzene rings is 2. The topological polar surface area (TPSA) is 61.5 Å². The highest BCUT2D eigenvalue weighted by Gasteiger charge is 2.16. The van der Waals surface area contributed by atoms with Gasteiger partial charge in [0.05, 0.1) is 22.8 Å². The number of hydrogen-bond acceptors (Lipinski definition) is 4. The molecule has 2 aromatic carbocycles. The maximum absolute atomic E-state index is 12.1. The Morgan fingerprint density at radius 2 is 1.90 bits per heavy atom. The molecule has 0 radical (unpaired) electrons. The van der Waals surface area contributed by atoms with Gasteiger partial charge in [0.2, 0.25) is 0 Å². The van der Waals surface area contributed by atoms with E-state index >= 15 is 0 Å². The van der Waals surface area contributed by atoms with Crippen molar-refractivity contribution in [3.05, 3.63) is 57.6 Å². The smallest absolute Gasteiger partial charge is 0.342 e. The monoisotopic (exact) mass is 325 g/mol. The molecule has 0 saturated heterocycles. The van der Waals surface area contributed by atoms with Gasteiger partial charge in [-0.2, -0.15) is 0 Å². The SMILES string of the molecule is COc1c(N)cccc1C(=O)OCc1cccc(Cl)c1Cl. The molecule has 0 aliphatic carbocycles. The molecule has 0 spiro atoms. The van der Waals surface area contributed by atoms with Crippen molar-refractivity contribution in [2.45, 2.75) is 6.61 Å². The number of nitrogens with two attached hydrogens (primary N) is 1. The fraction of sp³-hybridized carbons (Fsp3) is 0.133. The molecule has 0 aliphatic rings. The lowest BCUT2D eigenvalue weighted by Gasteiger charge is -2.11. The summed E-state index contributed by atoms with van der Waals surface area (Å²) in [5.74, 6) is -0.255. The molecule has 2 rings (SSSR count). The van der Waals surface area contributed by atoms with Gasteiger partial charge in [-0.25, -0.2) is 4.79 Å². The van der Waals surface area contributed by atoms with E-state index < -0.39 is 5.97 Å². The molecule has 21 heavy (non-hydrogen) atoms. The van der Waals surface area contributed by atoms with Crippen LogP contribution in [-0.4, -0.2) is 13.1 Å². The number of halogens is 2. The Morgan fingerprint density at radius 3 is 2.62 bits per heavy atom. The fourth-order valence-corrected chi connectivity index (χ4v) is 2.20. The molecule has 0 fully saturated rings. The van der Waals surface area contributed by atoms with E-state index in [1.807, 2.05) is 0 Å². The van der Waals surface area contributed by atoms with E-state index in [0.29, 0.717) is 27.0 Å². The number of hydrogen-bond donors (Lipinski definition) is 1. The van der Waals surface area contributed by atoms with E-state index in [1.165, 1.54) is 7.11 Å². The molecule has 0 atom stereocenters. The summed E-state index contributed by atoms with van der Waals surface area (Å²) in [6.07, 6.45) is 0. The molecule has 0 bridgehead atoms. The third-order valence-electron chi connectivity index (χ3n) is 2.86. The Kier molecular flexibility index (Phi) is 4.94. The van der Waals surface area contributed by atoms with E-state index in [2.05, 4.69) is 0 Å². The molecule has 0 aliphatic heterocycles. The molecule has 0 heterocycles. The zero-order chi connectivity index (χ0) is 15.4. The number of para-hydroxylation sites is 1. The van der Waals surface area contributed by atoms with Crippen molar-refractivity contribution in [1.29, 1.82) is 0 Å². The number of carbonyl (C=O) groups excluding carboxylic acids is 1. The molecule has 0 amide bonds. The van der Waals surface area contributed by atoms with Crippen LogP contribution in [0.5, 0.6) is 5.75 Å². The molecular formula is C15H13Cl2NO3. The lowest BCUT2D eigenvalue weighted by Crippen LogP contribution is -2.08. The lowest BCUT2D eigenvalue weighted by molar-refractivity contribution is 0.0469. The Morgan fingerprint density at radius 1 is 1.19 bits per heavy atom. The van der Waals surface area contributed by atoms with E-state index in [1.54, 1.807) is 36.4 Å². The molecule has 6 heteroatoms. The van der Waals surface area contributed by atoms with E-state index in [9.17, 15) is 4.79 Å². The number of esters is 1. The average molecular weight is 326 g/mol. The third kappa shape index (κ3) is 3.40. The van der Waals surface area contributed by atoms with Crippen molar-refractivity contribution in [2.24, 2.45) is 0 Å². The van der Waals surface area contributed by atoms with Crippen LogP contribution < -0.4 is 10.5 Å². The molecule has 0 saturated carbocycles. The first-order chi connectivity index (χ1) is 10.0. The number of nitrogen functional groups attached to an aromatic ring is 1. The predicted molar refractivity (Wildman–Crippen MR) is 83.0 cm³/mol. The zero-order valence-corrected chi connectivity index (χ0v) is 12.7.